The normalized spacial score (nSPS) is 25.4. The molecule has 0 spiro atoms. The maximum atomic E-state index is 10.9. The Labute approximate surface area is 89.2 Å². The first kappa shape index (κ1) is 12.0. The fourth-order valence-electron chi connectivity index (χ4n) is 1.89. The van der Waals surface area contributed by atoms with Crippen LogP contribution >= 0.6 is 0 Å². The molecular formula is C10H16N2O3. The molecule has 1 fully saturated rings. The number of carbonyl (C=O) groups is 1. The minimum atomic E-state index is -0.812. The van der Waals surface area contributed by atoms with E-state index in [1.54, 1.807) is 0 Å². The third-order valence-corrected chi connectivity index (χ3v) is 2.75. The Morgan fingerprint density at radius 2 is 2.40 bits per heavy atom. The van der Waals surface area contributed by atoms with Crippen LogP contribution in [0, 0.1) is 17.2 Å². The van der Waals surface area contributed by atoms with E-state index < -0.39 is 11.9 Å². The Hall–Kier alpha value is -1.12. The monoisotopic (exact) mass is 212 g/mol. The number of carboxylic acids is 1. The van der Waals surface area contributed by atoms with E-state index in [1.807, 2.05) is 11.8 Å². The van der Waals surface area contributed by atoms with Gasteiger partial charge in [0.15, 0.2) is 0 Å². The first-order valence-electron chi connectivity index (χ1n) is 5.12. The van der Waals surface area contributed by atoms with Crippen molar-refractivity contribution in [3.05, 3.63) is 0 Å². The van der Waals surface area contributed by atoms with Crippen LogP contribution in [0.15, 0.2) is 0 Å². The molecule has 0 saturated carbocycles. The van der Waals surface area contributed by atoms with Crippen molar-refractivity contribution >= 4 is 5.97 Å². The highest BCUT2D eigenvalue weighted by atomic mass is 16.5. The van der Waals surface area contributed by atoms with Crippen molar-refractivity contribution in [1.29, 1.82) is 5.26 Å². The summed E-state index contributed by atoms with van der Waals surface area (Å²) in [7, 11) is 0. The zero-order chi connectivity index (χ0) is 11.3. The van der Waals surface area contributed by atoms with Gasteiger partial charge in [0.2, 0.25) is 0 Å². The molecule has 0 aromatic carbocycles. The Bertz CT molecular complexity index is 262. The van der Waals surface area contributed by atoms with E-state index in [0.717, 1.165) is 6.54 Å². The van der Waals surface area contributed by atoms with Crippen molar-refractivity contribution in [1.82, 2.24) is 4.90 Å². The average molecular weight is 212 g/mol. The molecule has 1 aliphatic rings. The number of carboxylic acid groups (broad SMARTS) is 1. The molecule has 0 bridgehead atoms. The van der Waals surface area contributed by atoms with Gasteiger partial charge < -0.3 is 9.84 Å². The molecule has 1 rings (SSSR count). The molecule has 84 valence electrons. The molecule has 0 aromatic heterocycles. The quantitative estimate of drug-likeness (QED) is 0.710. The third-order valence-electron chi connectivity index (χ3n) is 2.75. The maximum absolute atomic E-state index is 10.9. The third kappa shape index (κ3) is 2.91. The second kappa shape index (κ2) is 5.69. The minimum Gasteiger partial charge on any atom is -0.481 e. The first-order valence-corrected chi connectivity index (χ1v) is 5.12. The van der Waals surface area contributed by atoms with Gasteiger partial charge in [-0.2, -0.15) is 5.26 Å². The smallest absolute Gasteiger partial charge is 0.310 e. The van der Waals surface area contributed by atoms with Crippen LogP contribution < -0.4 is 0 Å². The summed E-state index contributed by atoms with van der Waals surface area (Å²) in [5.41, 5.74) is 0. The minimum absolute atomic E-state index is 0.0825. The van der Waals surface area contributed by atoms with E-state index in [2.05, 4.69) is 6.07 Å². The van der Waals surface area contributed by atoms with Crippen LogP contribution in [0.3, 0.4) is 0 Å². The molecular weight excluding hydrogens is 196 g/mol. The highest BCUT2D eigenvalue weighted by Gasteiger charge is 2.37. The van der Waals surface area contributed by atoms with Crippen LogP contribution in [0.25, 0.3) is 0 Å². The van der Waals surface area contributed by atoms with Gasteiger partial charge in [-0.25, -0.2) is 0 Å². The lowest BCUT2D eigenvalue weighted by Gasteiger charge is -2.28. The number of nitrogens with zero attached hydrogens (tertiary/aromatic N) is 2. The molecule has 2 atom stereocenters. The Morgan fingerprint density at radius 1 is 1.67 bits per heavy atom. The van der Waals surface area contributed by atoms with E-state index >= 15 is 0 Å². The van der Waals surface area contributed by atoms with Gasteiger partial charge in [0, 0.05) is 19.0 Å². The largest absolute Gasteiger partial charge is 0.481 e. The van der Waals surface area contributed by atoms with Crippen LogP contribution in [0.5, 0.6) is 0 Å². The molecule has 1 aliphatic heterocycles. The van der Waals surface area contributed by atoms with Gasteiger partial charge in [0.05, 0.1) is 25.2 Å². The summed E-state index contributed by atoms with van der Waals surface area (Å²) in [6.45, 7) is 4.07. The van der Waals surface area contributed by atoms with E-state index in [1.165, 1.54) is 0 Å². The summed E-state index contributed by atoms with van der Waals surface area (Å²) < 4.78 is 5.19. The predicted octanol–water partition coefficient (Wildman–Crippen LogP) is 0.322. The molecule has 15 heavy (non-hydrogen) atoms. The highest BCUT2D eigenvalue weighted by Crippen LogP contribution is 2.20. The molecule has 0 amide bonds. The van der Waals surface area contributed by atoms with Crippen molar-refractivity contribution in [2.75, 3.05) is 26.3 Å². The zero-order valence-corrected chi connectivity index (χ0v) is 8.85. The maximum Gasteiger partial charge on any atom is 0.310 e. The van der Waals surface area contributed by atoms with E-state index in [9.17, 15) is 4.79 Å². The van der Waals surface area contributed by atoms with Crippen LogP contribution in [-0.2, 0) is 9.53 Å². The molecule has 5 nitrogen and oxygen atoms in total. The number of rotatable bonds is 5. The van der Waals surface area contributed by atoms with Crippen LogP contribution in [0.4, 0.5) is 0 Å². The summed E-state index contributed by atoms with van der Waals surface area (Å²) in [5, 5.41) is 17.5. The SMILES string of the molecule is CCN(CCC#N)C1COCC1C(=O)O. The Kier molecular flexibility index (Phi) is 4.53. The van der Waals surface area contributed by atoms with E-state index in [4.69, 9.17) is 15.1 Å². The lowest BCUT2D eigenvalue weighted by molar-refractivity contribution is -0.143. The molecule has 1 saturated heterocycles. The van der Waals surface area contributed by atoms with Gasteiger partial charge in [-0.05, 0) is 6.54 Å². The van der Waals surface area contributed by atoms with E-state index in [-0.39, 0.29) is 12.6 Å². The van der Waals surface area contributed by atoms with Crippen LogP contribution in [-0.4, -0.2) is 48.3 Å². The second-order valence-corrected chi connectivity index (χ2v) is 3.59. The number of hydrogen-bond donors (Lipinski definition) is 1. The lowest BCUT2D eigenvalue weighted by Crippen LogP contribution is -2.43. The summed E-state index contributed by atoms with van der Waals surface area (Å²) in [4.78, 5) is 12.9. The first-order chi connectivity index (χ1) is 7.20. The van der Waals surface area contributed by atoms with Crippen molar-refractivity contribution in [2.24, 2.45) is 5.92 Å². The summed E-state index contributed by atoms with van der Waals surface area (Å²) in [6, 6.07) is 1.99. The van der Waals surface area contributed by atoms with Gasteiger partial charge in [-0.15, -0.1) is 0 Å². The van der Waals surface area contributed by atoms with Crippen molar-refractivity contribution in [3.63, 3.8) is 0 Å². The average Bonchev–Trinajstić information content (AvgIpc) is 2.68. The van der Waals surface area contributed by atoms with Gasteiger partial charge >= 0.3 is 5.97 Å². The number of hydrogen-bond acceptors (Lipinski definition) is 4. The van der Waals surface area contributed by atoms with Crippen molar-refractivity contribution in [3.8, 4) is 6.07 Å². The molecule has 0 aliphatic carbocycles. The van der Waals surface area contributed by atoms with Crippen molar-refractivity contribution < 1.29 is 14.6 Å². The van der Waals surface area contributed by atoms with Crippen LogP contribution in [0.1, 0.15) is 13.3 Å². The van der Waals surface area contributed by atoms with E-state index in [0.29, 0.717) is 19.6 Å². The molecule has 0 aromatic rings. The lowest BCUT2D eigenvalue weighted by atomic mass is 10.0. The molecule has 5 heteroatoms. The van der Waals surface area contributed by atoms with Crippen LogP contribution in [0.2, 0.25) is 0 Å². The number of nitriles is 1. The summed E-state index contributed by atoms with van der Waals surface area (Å²) in [6.07, 6.45) is 0.427. The standard InChI is InChI=1S/C10H16N2O3/c1-2-12(5-3-4-11)9-7-15-6-8(9)10(13)14/h8-9H,2-3,5-7H2,1H3,(H,13,14). The number of aliphatic carboxylic acids is 1. The fraction of sp³-hybridized carbons (Fsp3) is 0.800. The summed E-state index contributed by atoms with van der Waals surface area (Å²) in [5.74, 6) is -1.27. The number of likely N-dealkylation sites (N-methyl/N-ethyl adjacent to an activating group) is 1. The number of ether oxygens (including phenoxy) is 1. The molecule has 2 unspecified atom stereocenters. The zero-order valence-electron chi connectivity index (χ0n) is 8.85. The second-order valence-electron chi connectivity index (χ2n) is 3.59. The topological polar surface area (TPSA) is 73.6 Å². The van der Waals surface area contributed by atoms with Gasteiger partial charge in [-0.3, -0.25) is 9.69 Å². The molecule has 1 N–H and O–H groups in total. The molecule has 1 heterocycles. The fourth-order valence-corrected chi connectivity index (χ4v) is 1.89. The Balaban J connectivity index is 2.58. The Morgan fingerprint density at radius 3 is 2.93 bits per heavy atom. The van der Waals surface area contributed by atoms with Gasteiger partial charge in [-0.1, -0.05) is 6.92 Å². The van der Waals surface area contributed by atoms with Crippen molar-refractivity contribution in [2.45, 2.75) is 19.4 Å². The highest BCUT2D eigenvalue weighted by molar-refractivity contribution is 5.71. The van der Waals surface area contributed by atoms with Gasteiger partial charge in [0.1, 0.15) is 0 Å². The van der Waals surface area contributed by atoms with Gasteiger partial charge in [0.25, 0.3) is 0 Å². The molecule has 0 radical (unpaired) electrons. The summed E-state index contributed by atoms with van der Waals surface area (Å²) >= 11 is 0. The predicted molar refractivity (Wildman–Crippen MR) is 53.2 cm³/mol.